The van der Waals surface area contributed by atoms with E-state index in [9.17, 15) is 13.2 Å². The molecule has 2 aromatic carbocycles. The molecule has 0 fully saturated rings. The number of halogens is 2. The molecule has 26 heavy (non-hydrogen) atoms. The number of rotatable bonds is 6. The highest BCUT2D eigenvalue weighted by atomic mass is 35.5. The number of aryl methyl sites for hydroxylation is 1. The van der Waals surface area contributed by atoms with E-state index in [0.29, 0.717) is 0 Å². The molecule has 0 saturated heterocycles. The first-order valence-electron chi connectivity index (χ1n) is 7.86. The van der Waals surface area contributed by atoms with Gasteiger partial charge in [-0.3, -0.25) is 9.10 Å². The summed E-state index contributed by atoms with van der Waals surface area (Å²) in [5.41, 5.74) is 0.947. The number of carbonyl (C=O) groups excluding carboxylic acids is 1. The summed E-state index contributed by atoms with van der Waals surface area (Å²) in [7, 11) is -4.08. The number of nitrogens with zero attached hydrogens (tertiary/aromatic N) is 1. The number of carbonyl (C=O) groups is 1. The monoisotopic (exact) mass is 415 g/mol. The Hall–Kier alpha value is -1.76. The average molecular weight is 416 g/mol. The molecule has 5 nitrogen and oxygen atoms in total. The molecule has 0 saturated carbocycles. The zero-order valence-electron chi connectivity index (χ0n) is 14.6. The van der Waals surface area contributed by atoms with Gasteiger partial charge in [0.25, 0.3) is 10.0 Å². The van der Waals surface area contributed by atoms with Gasteiger partial charge < -0.3 is 4.74 Å². The van der Waals surface area contributed by atoms with E-state index in [1.54, 1.807) is 32.0 Å². The minimum absolute atomic E-state index is 0.0245. The van der Waals surface area contributed by atoms with Crippen LogP contribution in [0, 0.1) is 6.92 Å². The molecule has 0 spiro atoms. The van der Waals surface area contributed by atoms with Crippen LogP contribution in [-0.2, 0) is 19.6 Å². The fourth-order valence-electron chi connectivity index (χ4n) is 2.27. The standard InChI is InChI=1S/C18H19Cl2NO4S/c1-12(2)25-17(22)11-21(18-15(19)5-4-6-16(18)20)26(23,24)14-9-7-13(3)8-10-14/h4-10,12H,11H2,1-3H3. The second-order valence-electron chi connectivity index (χ2n) is 5.93. The molecule has 0 aliphatic rings. The molecule has 0 aliphatic carbocycles. The van der Waals surface area contributed by atoms with Crippen LogP contribution in [0.2, 0.25) is 10.0 Å². The number of anilines is 1. The summed E-state index contributed by atoms with van der Waals surface area (Å²) in [6.07, 6.45) is -0.381. The van der Waals surface area contributed by atoms with Gasteiger partial charge in [-0.15, -0.1) is 0 Å². The van der Waals surface area contributed by atoms with E-state index in [4.69, 9.17) is 27.9 Å². The quantitative estimate of drug-likeness (QED) is 0.653. The first-order chi connectivity index (χ1) is 12.1. The number of esters is 1. The third-order valence-electron chi connectivity index (χ3n) is 3.44. The molecular weight excluding hydrogens is 397 g/mol. The van der Waals surface area contributed by atoms with Crippen molar-refractivity contribution in [2.75, 3.05) is 10.8 Å². The Bertz CT molecular complexity index is 876. The second kappa shape index (κ2) is 8.29. The highest BCUT2D eigenvalue weighted by Gasteiger charge is 2.31. The lowest BCUT2D eigenvalue weighted by Gasteiger charge is -2.26. The summed E-state index contributed by atoms with van der Waals surface area (Å²) in [6, 6.07) is 10.9. The van der Waals surface area contributed by atoms with Crippen molar-refractivity contribution >= 4 is 44.9 Å². The van der Waals surface area contributed by atoms with Crippen molar-refractivity contribution in [3.8, 4) is 0 Å². The van der Waals surface area contributed by atoms with Crippen molar-refractivity contribution in [2.45, 2.75) is 31.8 Å². The highest BCUT2D eigenvalue weighted by Crippen LogP contribution is 2.36. The van der Waals surface area contributed by atoms with Gasteiger partial charge in [-0.1, -0.05) is 47.0 Å². The molecule has 0 bridgehead atoms. The van der Waals surface area contributed by atoms with E-state index < -0.39 is 22.5 Å². The number of para-hydroxylation sites is 1. The van der Waals surface area contributed by atoms with Crippen molar-refractivity contribution in [1.82, 2.24) is 0 Å². The van der Waals surface area contributed by atoms with E-state index in [-0.39, 0.29) is 26.7 Å². The Morgan fingerprint density at radius 1 is 1.08 bits per heavy atom. The number of hydrogen-bond acceptors (Lipinski definition) is 4. The van der Waals surface area contributed by atoms with Crippen molar-refractivity contribution in [3.63, 3.8) is 0 Å². The fourth-order valence-corrected chi connectivity index (χ4v) is 4.42. The summed E-state index contributed by atoms with van der Waals surface area (Å²) in [5, 5.41) is 0.232. The second-order valence-corrected chi connectivity index (χ2v) is 8.61. The predicted molar refractivity (Wildman–Crippen MR) is 103 cm³/mol. The summed E-state index contributed by atoms with van der Waals surface area (Å²) in [4.78, 5) is 12.2. The summed E-state index contributed by atoms with van der Waals surface area (Å²) in [6.45, 7) is 4.66. The van der Waals surface area contributed by atoms with E-state index >= 15 is 0 Å². The molecule has 2 aromatic rings. The van der Waals surface area contributed by atoms with Gasteiger partial charge in [-0.25, -0.2) is 8.42 Å². The van der Waals surface area contributed by atoms with Gasteiger partial charge in [0.15, 0.2) is 0 Å². The average Bonchev–Trinajstić information content (AvgIpc) is 2.53. The van der Waals surface area contributed by atoms with Crippen LogP contribution in [0.15, 0.2) is 47.4 Å². The van der Waals surface area contributed by atoms with E-state index in [1.807, 2.05) is 6.92 Å². The van der Waals surface area contributed by atoms with Crippen LogP contribution in [0.4, 0.5) is 5.69 Å². The Labute approximate surface area is 163 Å². The Morgan fingerprint density at radius 3 is 2.12 bits per heavy atom. The van der Waals surface area contributed by atoms with E-state index in [1.165, 1.54) is 24.3 Å². The molecule has 0 radical (unpaired) electrons. The van der Waals surface area contributed by atoms with Gasteiger partial charge in [0.05, 0.1) is 26.7 Å². The molecule has 8 heteroatoms. The topological polar surface area (TPSA) is 63.7 Å². The third-order valence-corrected chi connectivity index (χ3v) is 5.81. The molecule has 0 heterocycles. The number of benzene rings is 2. The normalized spacial score (nSPS) is 11.5. The maximum absolute atomic E-state index is 13.2. The molecule has 0 unspecified atom stereocenters. The minimum Gasteiger partial charge on any atom is -0.462 e. The smallest absolute Gasteiger partial charge is 0.327 e. The number of sulfonamides is 1. The van der Waals surface area contributed by atoms with Gasteiger partial charge in [-0.2, -0.15) is 0 Å². The van der Waals surface area contributed by atoms with Gasteiger partial charge in [0, 0.05) is 0 Å². The van der Waals surface area contributed by atoms with Crippen molar-refractivity contribution in [2.24, 2.45) is 0 Å². The summed E-state index contributed by atoms with van der Waals surface area (Å²) < 4.78 is 32.3. The van der Waals surface area contributed by atoms with Gasteiger partial charge in [0.1, 0.15) is 6.54 Å². The fraction of sp³-hybridized carbons (Fsp3) is 0.278. The largest absolute Gasteiger partial charge is 0.462 e. The molecule has 2 rings (SSSR count). The molecule has 140 valence electrons. The maximum Gasteiger partial charge on any atom is 0.327 e. The van der Waals surface area contributed by atoms with Crippen LogP contribution >= 0.6 is 23.2 Å². The SMILES string of the molecule is Cc1ccc(S(=O)(=O)N(CC(=O)OC(C)C)c2c(Cl)cccc2Cl)cc1. The molecule has 0 amide bonds. The molecule has 0 aromatic heterocycles. The van der Waals surface area contributed by atoms with Crippen LogP contribution in [-0.4, -0.2) is 27.0 Å². The Kier molecular flexibility index (Phi) is 6.55. The van der Waals surface area contributed by atoms with Gasteiger partial charge in [0.2, 0.25) is 0 Å². The van der Waals surface area contributed by atoms with E-state index in [0.717, 1.165) is 9.87 Å². The number of hydrogen-bond donors (Lipinski definition) is 0. The Morgan fingerprint density at radius 2 is 1.62 bits per heavy atom. The predicted octanol–water partition coefficient (Wildman–Crippen LogP) is 4.45. The molecule has 0 atom stereocenters. The van der Waals surface area contributed by atoms with Crippen molar-refractivity contribution in [3.05, 3.63) is 58.1 Å². The lowest BCUT2D eigenvalue weighted by atomic mass is 10.2. The maximum atomic E-state index is 13.2. The third kappa shape index (κ3) is 4.69. The van der Waals surface area contributed by atoms with Crippen molar-refractivity contribution < 1.29 is 17.9 Å². The van der Waals surface area contributed by atoms with Crippen LogP contribution in [0.3, 0.4) is 0 Å². The van der Waals surface area contributed by atoms with Crippen molar-refractivity contribution in [1.29, 1.82) is 0 Å². The van der Waals surface area contributed by atoms with Crippen LogP contribution < -0.4 is 4.31 Å². The lowest BCUT2D eigenvalue weighted by Crippen LogP contribution is -2.37. The molecular formula is C18H19Cl2NO4S. The van der Waals surface area contributed by atoms with Crippen LogP contribution in [0.25, 0.3) is 0 Å². The summed E-state index contributed by atoms with van der Waals surface area (Å²) >= 11 is 12.4. The minimum atomic E-state index is -4.08. The Balaban J connectivity index is 2.56. The number of ether oxygens (including phenoxy) is 1. The first-order valence-corrected chi connectivity index (χ1v) is 10.1. The van der Waals surface area contributed by atoms with Gasteiger partial charge in [-0.05, 0) is 45.0 Å². The van der Waals surface area contributed by atoms with Gasteiger partial charge >= 0.3 is 5.97 Å². The molecule has 0 N–H and O–H groups in total. The van der Waals surface area contributed by atoms with Crippen LogP contribution in [0.5, 0.6) is 0 Å². The molecule has 0 aliphatic heterocycles. The zero-order chi connectivity index (χ0) is 19.5. The lowest BCUT2D eigenvalue weighted by molar-refractivity contribution is -0.145. The first kappa shape index (κ1) is 20.6. The van der Waals surface area contributed by atoms with E-state index in [2.05, 4.69) is 0 Å². The summed E-state index contributed by atoms with van der Waals surface area (Å²) in [5.74, 6) is -0.702. The highest BCUT2D eigenvalue weighted by molar-refractivity contribution is 7.92. The van der Waals surface area contributed by atoms with Crippen LogP contribution in [0.1, 0.15) is 19.4 Å². The zero-order valence-corrected chi connectivity index (χ0v) is 16.9.